The maximum absolute atomic E-state index is 11.3. The Bertz CT molecular complexity index is 555. The number of hydrogen-bond donors (Lipinski definition) is 0. The van der Waals surface area contributed by atoms with E-state index in [9.17, 15) is 8.42 Å². The van der Waals surface area contributed by atoms with Gasteiger partial charge in [0.15, 0.2) is 0 Å². The van der Waals surface area contributed by atoms with Gasteiger partial charge in [0.05, 0.1) is 5.75 Å². The van der Waals surface area contributed by atoms with Crippen molar-refractivity contribution in [2.45, 2.75) is 25.9 Å². The molecular weight excluding hydrogens is 284 g/mol. The fraction of sp³-hybridized carbons (Fsp3) is 0.625. The third-order valence-electron chi connectivity index (χ3n) is 4.15. The van der Waals surface area contributed by atoms with Crippen LogP contribution in [0.2, 0.25) is 0 Å². The van der Waals surface area contributed by atoms with Gasteiger partial charge >= 0.3 is 0 Å². The first kappa shape index (κ1) is 16.5. The summed E-state index contributed by atoms with van der Waals surface area (Å²) in [6, 6.07) is 10.5. The summed E-state index contributed by atoms with van der Waals surface area (Å²) < 4.78 is 22.6. The zero-order valence-electron chi connectivity index (χ0n) is 13.2. The van der Waals surface area contributed by atoms with Gasteiger partial charge in [0.2, 0.25) is 0 Å². The molecule has 1 aliphatic rings. The molecule has 0 saturated carbocycles. The summed E-state index contributed by atoms with van der Waals surface area (Å²) in [5, 5.41) is 0. The van der Waals surface area contributed by atoms with E-state index in [1.165, 1.54) is 11.8 Å². The maximum atomic E-state index is 11.3. The molecule has 0 amide bonds. The normalized spacial score (nSPS) is 20.5. The average Bonchev–Trinajstić information content (AvgIpc) is 2.39. The van der Waals surface area contributed by atoms with Gasteiger partial charge in [-0.15, -0.1) is 0 Å². The Morgan fingerprint density at radius 1 is 1.14 bits per heavy atom. The molecule has 0 radical (unpaired) electrons. The van der Waals surface area contributed by atoms with Crippen LogP contribution in [-0.4, -0.2) is 61.9 Å². The maximum Gasteiger partial charge on any atom is 0.148 e. The molecular formula is C16H26N2O2S. The fourth-order valence-electron chi connectivity index (χ4n) is 2.87. The predicted molar refractivity (Wildman–Crippen MR) is 87.1 cm³/mol. The molecule has 1 heterocycles. The van der Waals surface area contributed by atoms with Gasteiger partial charge in [0.1, 0.15) is 9.84 Å². The van der Waals surface area contributed by atoms with Crippen molar-refractivity contribution in [3.05, 3.63) is 35.9 Å². The summed E-state index contributed by atoms with van der Waals surface area (Å²) in [5.41, 5.74) is 1.39. The van der Waals surface area contributed by atoms with Gasteiger partial charge in [0, 0.05) is 44.5 Å². The first-order valence-electron chi connectivity index (χ1n) is 7.45. The molecule has 1 fully saturated rings. The Hall–Kier alpha value is -0.910. The van der Waals surface area contributed by atoms with Crippen LogP contribution in [0.3, 0.4) is 0 Å². The summed E-state index contributed by atoms with van der Waals surface area (Å²) in [5.74, 6) is 0.252. The van der Waals surface area contributed by atoms with Gasteiger partial charge in [-0.3, -0.25) is 9.80 Å². The second-order valence-corrected chi connectivity index (χ2v) is 8.89. The van der Waals surface area contributed by atoms with Crippen molar-refractivity contribution in [2.24, 2.45) is 0 Å². The lowest BCUT2D eigenvalue weighted by molar-refractivity contribution is 0.0165. The third-order valence-corrected chi connectivity index (χ3v) is 5.07. The molecule has 1 saturated heterocycles. The van der Waals surface area contributed by atoms with E-state index in [0.717, 1.165) is 26.2 Å². The quantitative estimate of drug-likeness (QED) is 0.829. The van der Waals surface area contributed by atoms with Crippen molar-refractivity contribution in [1.29, 1.82) is 0 Å². The van der Waals surface area contributed by atoms with E-state index < -0.39 is 9.84 Å². The smallest absolute Gasteiger partial charge is 0.148 e. The topological polar surface area (TPSA) is 40.6 Å². The van der Waals surface area contributed by atoms with E-state index in [-0.39, 0.29) is 11.3 Å². The first-order valence-corrected chi connectivity index (χ1v) is 9.51. The lowest BCUT2D eigenvalue weighted by Crippen LogP contribution is -2.59. The molecule has 0 aliphatic carbocycles. The highest BCUT2D eigenvalue weighted by atomic mass is 32.2. The number of nitrogens with zero attached hydrogens (tertiary/aromatic N) is 2. The van der Waals surface area contributed by atoms with Crippen LogP contribution in [0.5, 0.6) is 0 Å². The van der Waals surface area contributed by atoms with Crippen molar-refractivity contribution in [3.63, 3.8) is 0 Å². The highest BCUT2D eigenvalue weighted by Crippen LogP contribution is 2.23. The molecule has 21 heavy (non-hydrogen) atoms. The van der Waals surface area contributed by atoms with Crippen molar-refractivity contribution in [3.8, 4) is 0 Å². The number of rotatable bonds is 5. The molecule has 1 aliphatic heterocycles. The van der Waals surface area contributed by atoms with Gasteiger partial charge in [-0.2, -0.15) is 0 Å². The van der Waals surface area contributed by atoms with Crippen molar-refractivity contribution in [2.75, 3.05) is 38.2 Å². The SMILES string of the molecule is CC1(C)CN(CCS(C)(=O)=O)CCN1Cc1ccccc1. The number of sulfone groups is 1. The minimum atomic E-state index is -2.88. The lowest BCUT2D eigenvalue weighted by Gasteiger charge is -2.47. The molecule has 0 atom stereocenters. The van der Waals surface area contributed by atoms with Crippen LogP contribution in [0.15, 0.2) is 30.3 Å². The van der Waals surface area contributed by atoms with Crippen LogP contribution >= 0.6 is 0 Å². The molecule has 4 nitrogen and oxygen atoms in total. The molecule has 5 heteroatoms. The summed E-state index contributed by atoms with van der Waals surface area (Å²) >= 11 is 0. The van der Waals surface area contributed by atoms with E-state index in [1.807, 2.05) is 6.07 Å². The summed E-state index contributed by atoms with van der Waals surface area (Å²) in [6.45, 7) is 8.90. The van der Waals surface area contributed by atoms with E-state index in [0.29, 0.717) is 6.54 Å². The van der Waals surface area contributed by atoms with E-state index in [1.54, 1.807) is 0 Å². The Balaban J connectivity index is 1.93. The predicted octanol–water partition coefficient (Wildman–Crippen LogP) is 1.63. The number of benzene rings is 1. The van der Waals surface area contributed by atoms with Crippen LogP contribution in [-0.2, 0) is 16.4 Å². The monoisotopic (exact) mass is 310 g/mol. The van der Waals surface area contributed by atoms with E-state index in [2.05, 4.69) is 47.9 Å². The van der Waals surface area contributed by atoms with Crippen molar-refractivity contribution >= 4 is 9.84 Å². The molecule has 0 N–H and O–H groups in total. The molecule has 0 bridgehead atoms. The van der Waals surface area contributed by atoms with Crippen LogP contribution in [0.4, 0.5) is 0 Å². The molecule has 0 aromatic heterocycles. The van der Waals surface area contributed by atoms with Crippen LogP contribution in [0.25, 0.3) is 0 Å². The van der Waals surface area contributed by atoms with Crippen molar-refractivity contribution < 1.29 is 8.42 Å². The van der Waals surface area contributed by atoms with Crippen LogP contribution in [0, 0.1) is 0 Å². The Kier molecular flexibility index (Phi) is 5.07. The fourth-order valence-corrected chi connectivity index (χ4v) is 3.46. The second kappa shape index (κ2) is 6.46. The zero-order valence-corrected chi connectivity index (χ0v) is 14.1. The number of piperazine rings is 1. The molecule has 1 aromatic rings. The van der Waals surface area contributed by atoms with E-state index in [4.69, 9.17) is 0 Å². The average molecular weight is 310 g/mol. The van der Waals surface area contributed by atoms with Gasteiger partial charge in [0.25, 0.3) is 0 Å². The van der Waals surface area contributed by atoms with Gasteiger partial charge in [-0.05, 0) is 19.4 Å². The summed E-state index contributed by atoms with van der Waals surface area (Å²) in [7, 11) is -2.88. The van der Waals surface area contributed by atoms with Crippen LogP contribution < -0.4 is 0 Å². The standard InChI is InChI=1S/C16H26N2O2S/c1-16(2)14-17(11-12-21(3,19)20)9-10-18(16)13-15-7-5-4-6-8-15/h4-8H,9-14H2,1-3H3. The van der Waals surface area contributed by atoms with Crippen LogP contribution in [0.1, 0.15) is 19.4 Å². The zero-order chi connectivity index (χ0) is 15.5. The highest BCUT2D eigenvalue weighted by molar-refractivity contribution is 7.90. The minimum absolute atomic E-state index is 0.0611. The molecule has 0 unspecified atom stereocenters. The molecule has 0 spiro atoms. The number of hydrogen-bond acceptors (Lipinski definition) is 4. The second-order valence-electron chi connectivity index (χ2n) is 6.63. The molecule has 1 aromatic carbocycles. The molecule has 118 valence electrons. The largest absolute Gasteiger partial charge is 0.299 e. The lowest BCUT2D eigenvalue weighted by atomic mass is 9.98. The summed E-state index contributed by atoms with van der Waals surface area (Å²) in [4.78, 5) is 4.75. The van der Waals surface area contributed by atoms with Crippen molar-refractivity contribution in [1.82, 2.24) is 9.80 Å². The van der Waals surface area contributed by atoms with Gasteiger partial charge in [-0.25, -0.2) is 8.42 Å². The van der Waals surface area contributed by atoms with E-state index >= 15 is 0 Å². The Morgan fingerprint density at radius 2 is 1.81 bits per heavy atom. The Morgan fingerprint density at radius 3 is 2.38 bits per heavy atom. The minimum Gasteiger partial charge on any atom is -0.299 e. The van der Waals surface area contributed by atoms with Gasteiger partial charge in [-0.1, -0.05) is 30.3 Å². The first-order chi connectivity index (χ1) is 9.76. The van der Waals surface area contributed by atoms with Gasteiger partial charge < -0.3 is 0 Å². The molecule has 2 rings (SSSR count). The Labute approximate surface area is 128 Å². The highest BCUT2D eigenvalue weighted by Gasteiger charge is 2.33. The summed E-state index contributed by atoms with van der Waals surface area (Å²) in [6.07, 6.45) is 1.31. The third kappa shape index (κ3) is 5.09.